The Kier molecular flexibility index (Phi) is 11.8. The number of sulfonamides is 1. The van der Waals surface area contributed by atoms with Gasteiger partial charge in [-0.25, -0.2) is 13.2 Å². The molecule has 0 aliphatic carbocycles. The summed E-state index contributed by atoms with van der Waals surface area (Å²) in [6.07, 6.45) is 2.14. The van der Waals surface area contributed by atoms with Gasteiger partial charge in [-0.2, -0.15) is 11.8 Å². The number of nitrogens with one attached hydrogen (secondary N) is 2. The van der Waals surface area contributed by atoms with Crippen molar-refractivity contribution in [2.24, 2.45) is 0 Å². The predicted octanol–water partition coefficient (Wildman–Crippen LogP) is 2.59. The minimum atomic E-state index is -3.75. The van der Waals surface area contributed by atoms with E-state index in [-0.39, 0.29) is 12.4 Å². The summed E-state index contributed by atoms with van der Waals surface area (Å²) < 4.78 is 34.9. The van der Waals surface area contributed by atoms with Gasteiger partial charge in [0.2, 0.25) is 10.0 Å². The predicted molar refractivity (Wildman–Crippen MR) is 118 cm³/mol. The summed E-state index contributed by atoms with van der Waals surface area (Å²) in [4.78, 5) is 35.8. The first kappa shape index (κ1) is 28.5. The second-order valence-corrected chi connectivity index (χ2v) is 11.9. The number of ether oxygens (including phenoxy) is 2. The Balaban J connectivity index is 4.43. The van der Waals surface area contributed by atoms with E-state index in [0.29, 0.717) is 18.6 Å². The van der Waals surface area contributed by atoms with Crippen LogP contribution < -0.4 is 10.0 Å². The first-order chi connectivity index (χ1) is 13.5. The molecule has 0 aromatic carbocycles. The van der Waals surface area contributed by atoms with Gasteiger partial charge >= 0.3 is 12.1 Å². The number of alkyl carbamates (subject to hydrolysis) is 1. The van der Waals surface area contributed by atoms with Crippen molar-refractivity contribution in [1.82, 2.24) is 10.0 Å². The molecule has 0 aliphatic rings. The second-order valence-electron chi connectivity index (χ2n) is 8.88. The van der Waals surface area contributed by atoms with Crippen LogP contribution in [0.3, 0.4) is 0 Å². The smallest absolute Gasteiger partial charge is 0.408 e. The molecule has 30 heavy (non-hydrogen) atoms. The van der Waals surface area contributed by atoms with Crippen LogP contribution in [0.25, 0.3) is 0 Å². The van der Waals surface area contributed by atoms with E-state index in [1.165, 1.54) is 0 Å². The van der Waals surface area contributed by atoms with Crippen molar-refractivity contribution < 1.29 is 32.3 Å². The van der Waals surface area contributed by atoms with Gasteiger partial charge in [-0.3, -0.25) is 14.3 Å². The number of carbonyl (C=O) groups excluding carboxylic acids is 3. The summed E-state index contributed by atoms with van der Waals surface area (Å²) in [6.45, 7) is 10.5. The van der Waals surface area contributed by atoms with Crippen LogP contribution in [-0.2, 0) is 29.1 Å². The minimum Gasteiger partial charge on any atom is -0.460 e. The lowest BCUT2D eigenvalue weighted by atomic mass is 10.2. The van der Waals surface area contributed by atoms with E-state index in [4.69, 9.17) is 9.47 Å². The van der Waals surface area contributed by atoms with Gasteiger partial charge in [-0.15, -0.1) is 0 Å². The molecule has 0 bridgehead atoms. The van der Waals surface area contributed by atoms with Crippen molar-refractivity contribution >= 4 is 39.8 Å². The molecule has 0 radical (unpaired) electrons. The quantitative estimate of drug-likeness (QED) is 0.350. The lowest BCUT2D eigenvalue weighted by molar-refractivity contribution is -0.154. The molecule has 176 valence electrons. The number of unbranched alkanes of at least 4 members (excludes halogenated alkanes) is 1. The zero-order valence-corrected chi connectivity index (χ0v) is 20.6. The molecule has 0 rings (SSSR count). The van der Waals surface area contributed by atoms with Gasteiger partial charge < -0.3 is 14.8 Å². The van der Waals surface area contributed by atoms with Gasteiger partial charge in [-0.05, 0) is 72.3 Å². The summed E-state index contributed by atoms with van der Waals surface area (Å²) in [5, 5.41) is 2.42. The van der Waals surface area contributed by atoms with Crippen LogP contribution in [0.1, 0.15) is 67.2 Å². The lowest BCUT2D eigenvalue weighted by Gasteiger charge is -2.23. The fourth-order valence-electron chi connectivity index (χ4n) is 2.14. The Bertz CT molecular complexity index is 680. The van der Waals surface area contributed by atoms with Crippen LogP contribution in [0.4, 0.5) is 4.79 Å². The van der Waals surface area contributed by atoms with E-state index in [0.717, 1.165) is 18.4 Å². The molecular weight excluding hydrogens is 432 g/mol. The van der Waals surface area contributed by atoms with Gasteiger partial charge in [0.15, 0.2) is 0 Å². The van der Waals surface area contributed by atoms with Crippen molar-refractivity contribution in [2.75, 3.05) is 17.8 Å². The average Bonchev–Trinajstić information content (AvgIpc) is 2.47. The van der Waals surface area contributed by atoms with E-state index in [2.05, 4.69) is 5.32 Å². The molecule has 2 amide bonds. The number of thioether (sulfide) groups is 1. The molecule has 0 aromatic rings. The van der Waals surface area contributed by atoms with Crippen molar-refractivity contribution in [2.45, 2.75) is 84.5 Å². The molecule has 0 spiro atoms. The number of esters is 1. The largest absolute Gasteiger partial charge is 0.460 e. The van der Waals surface area contributed by atoms with Crippen molar-refractivity contribution in [3.05, 3.63) is 0 Å². The summed E-state index contributed by atoms with van der Waals surface area (Å²) in [7, 11) is -3.75. The van der Waals surface area contributed by atoms with Crippen LogP contribution in [0.2, 0.25) is 0 Å². The standard InChI is InChI=1S/C19H36N2O7S2/c1-18(2,3)27-15(22)10-8-9-12-29-13-11-14(16(23)21-30(7,25)26)20-17(24)28-19(4,5)6/h14H,8-13H2,1-7H3,(H,20,24)(H,21,23). The molecule has 2 N–H and O–H groups in total. The van der Waals surface area contributed by atoms with Crippen LogP contribution >= 0.6 is 11.8 Å². The van der Waals surface area contributed by atoms with Gasteiger partial charge in [0.1, 0.15) is 17.2 Å². The van der Waals surface area contributed by atoms with Gasteiger partial charge in [0.25, 0.3) is 5.91 Å². The molecule has 0 heterocycles. The highest BCUT2D eigenvalue weighted by Crippen LogP contribution is 2.13. The minimum absolute atomic E-state index is 0.230. The van der Waals surface area contributed by atoms with E-state index >= 15 is 0 Å². The van der Waals surface area contributed by atoms with Gasteiger partial charge in [0, 0.05) is 6.42 Å². The van der Waals surface area contributed by atoms with E-state index in [9.17, 15) is 22.8 Å². The monoisotopic (exact) mass is 468 g/mol. The molecule has 1 atom stereocenters. The Morgan fingerprint density at radius 3 is 2.00 bits per heavy atom. The maximum atomic E-state index is 12.2. The molecule has 1 unspecified atom stereocenters. The first-order valence-corrected chi connectivity index (χ1v) is 12.8. The third-order valence-electron chi connectivity index (χ3n) is 3.18. The van der Waals surface area contributed by atoms with Crippen LogP contribution in [-0.4, -0.2) is 61.4 Å². The zero-order chi connectivity index (χ0) is 23.6. The fraction of sp³-hybridized carbons (Fsp3) is 0.842. The second kappa shape index (κ2) is 12.4. The summed E-state index contributed by atoms with van der Waals surface area (Å²) in [5.41, 5.74) is -1.24. The highest BCUT2D eigenvalue weighted by Gasteiger charge is 2.25. The fourth-order valence-corrected chi connectivity index (χ4v) is 3.66. The van der Waals surface area contributed by atoms with Crippen molar-refractivity contribution in [1.29, 1.82) is 0 Å². The van der Waals surface area contributed by atoms with Gasteiger partial charge in [-0.1, -0.05) is 0 Å². The average molecular weight is 469 g/mol. The molecule has 0 saturated carbocycles. The Labute approximate surface area is 184 Å². The normalized spacial score (nSPS) is 13.3. The van der Waals surface area contributed by atoms with Crippen molar-refractivity contribution in [3.63, 3.8) is 0 Å². The Morgan fingerprint density at radius 1 is 0.933 bits per heavy atom. The Hall–Kier alpha value is -1.49. The number of rotatable bonds is 11. The van der Waals surface area contributed by atoms with Crippen molar-refractivity contribution in [3.8, 4) is 0 Å². The lowest BCUT2D eigenvalue weighted by Crippen LogP contribution is -2.49. The highest BCUT2D eigenvalue weighted by atomic mass is 32.2. The third-order valence-corrected chi connectivity index (χ3v) is 4.86. The molecular formula is C19H36N2O7S2. The Morgan fingerprint density at radius 2 is 1.50 bits per heavy atom. The molecule has 0 aromatic heterocycles. The summed E-state index contributed by atoms with van der Waals surface area (Å²) in [5.74, 6) is 0.236. The molecule has 0 aliphatic heterocycles. The number of hydrogen-bond acceptors (Lipinski definition) is 8. The molecule has 9 nitrogen and oxygen atoms in total. The molecule has 0 fully saturated rings. The summed E-state index contributed by atoms with van der Waals surface area (Å²) >= 11 is 1.55. The number of amides is 2. The maximum Gasteiger partial charge on any atom is 0.408 e. The SMILES string of the molecule is CC(C)(C)OC(=O)CCCCSCCC(NC(=O)OC(C)(C)C)C(=O)NS(C)(=O)=O. The third kappa shape index (κ3) is 17.4. The number of hydrogen-bond donors (Lipinski definition) is 2. The molecule has 0 saturated heterocycles. The van der Waals surface area contributed by atoms with E-state index in [1.807, 2.05) is 25.5 Å². The zero-order valence-electron chi connectivity index (χ0n) is 19.0. The number of carbonyl (C=O) groups is 3. The topological polar surface area (TPSA) is 128 Å². The maximum absolute atomic E-state index is 12.2. The van der Waals surface area contributed by atoms with Crippen LogP contribution in [0.15, 0.2) is 0 Å². The van der Waals surface area contributed by atoms with E-state index in [1.54, 1.807) is 32.5 Å². The highest BCUT2D eigenvalue weighted by molar-refractivity contribution is 7.99. The van der Waals surface area contributed by atoms with Crippen LogP contribution in [0.5, 0.6) is 0 Å². The summed E-state index contributed by atoms with van der Waals surface area (Å²) in [6, 6.07) is -1.04. The molecule has 11 heteroatoms. The van der Waals surface area contributed by atoms with Gasteiger partial charge in [0.05, 0.1) is 6.26 Å². The van der Waals surface area contributed by atoms with E-state index < -0.39 is 39.3 Å². The first-order valence-electron chi connectivity index (χ1n) is 9.79. The van der Waals surface area contributed by atoms with Crippen LogP contribution in [0, 0.1) is 0 Å².